The molecule has 0 radical (unpaired) electrons. The van der Waals surface area contributed by atoms with Gasteiger partial charge in [-0.25, -0.2) is 4.99 Å². The van der Waals surface area contributed by atoms with Gasteiger partial charge in [0.05, 0.1) is 17.7 Å². The average molecular weight is 338 g/mol. The maximum absolute atomic E-state index is 12.4. The summed E-state index contributed by atoms with van der Waals surface area (Å²) < 4.78 is 5.27. The zero-order chi connectivity index (χ0) is 17.1. The second kappa shape index (κ2) is 6.93. The molecule has 0 saturated carbocycles. The van der Waals surface area contributed by atoms with Crippen molar-refractivity contribution in [3.8, 4) is 5.75 Å². The highest BCUT2D eigenvalue weighted by molar-refractivity contribution is 8.18. The van der Waals surface area contributed by atoms with E-state index in [0.717, 1.165) is 22.6 Å². The van der Waals surface area contributed by atoms with Crippen LogP contribution in [0.25, 0.3) is 6.08 Å². The number of nitrogens with zero attached hydrogens (tertiary/aromatic N) is 2. The van der Waals surface area contributed by atoms with Gasteiger partial charge in [0.1, 0.15) is 5.75 Å². The molecule has 0 bridgehead atoms. The summed E-state index contributed by atoms with van der Waals surface area (Å²) in [6.45, 7) is 1.98. The van der Waals surface area contributed by atoms with E-state index < -0.39 is 0 Å². The van der Waals surface area contributed by atoms with Gasteiger partial charge in [0.2, 0.25) is 0 Å². The van der Waals surface area contributed by atoms with Crippen LogP contribution in [0.15, 0.2) is 58.4 Å². The third-order valence-corrected chi connectivity index (χ3v) is 4.76. The van der Waals surface area contributed by atoms with Crippen LogP contribution in [0.2, 0.25) is 0 Å². The normalized spacial score (nSPS) is 17.8. The van der Waals surface area contributed by atoms with Crippen LogP contribution in [0.5, 0.6) is 5.75 Å². The fourth-order valence-electron chi connectivity index (χ4n) is 2.41. The number of likely N-dealkylation sites (N-methyl/N-ethyl adjacent to an activating group) is 1. The molecule has 0 aromatic heterocycles. The molecule has 0 N–H and O–H groups in total. The number of amidine groups is 1. The number of hydrogen-bond donors (Lipinski definition) is 0. The molecule has 1 aliphatic heterocycles. The average Bonchev–Trinajstić information content (AvgIpc) is 2.84. The summed E-state index contributed by atoms with van der Waals surface area (Å²) in [7, 11) is 3.40. The first kappa shape index (κ1) is 16.3. The molecule has 2 aromatic rings. The van der Waals surface area contributed by atoms with E-state index in [-0.39, 0.29) is 5.91 Å². The minimum absolute atomic E-state index is 0.0387. The van der Waals surface area contributed by atoms with E-state index in [0.29, 0.717) is 10.1 Å². The number of benzene rings is 2. The molecule has 1 amide bonds. The van der Waals surface area contributed by atoms with Gasteiger partial charge < -0.3 is 4.74 Å². The number of thioether (sulfide) groups is 1. The Kier molecular flexibility index (Phi) is 4.71. The second-order valence-electron chi connectivity index (χ2n) is 5.43. The highest BCUT2D eigenvalue weighted by Gasteiger charge is 2.30. The lowest BCUT2D eigenvalue weighted by Crippen LogP contribution is -2.23. The molecule has 1 saturated heterocycles. The molecule has 0 unspecified atom stereocenters. The maximum atomic E-state index is 12.4. The van der Waals surface area contributed by atoms with Crippen molar-refractivity contribution in [2.75, 3.05) is 14.2 Å². The minimum atomic E-state index is -0.0387. The Balaban J connectivity index is 1.89. The Morgan fingerprint density at radius 2 is 1.92 bits per heavy atom. The van der Waals surface area contributed by atoms with Gasteiger partial charge in [-0.05, 0) is 60.2 Å². The fraction of sp³-hybridized carbons (Fsp3) is 0.158. The zero-order valence-electron chi connectivity index (χ0n) is 13.8. The number of carbonyl (C=O) groups excluding carboxylic acids is 1. The van der Waals surface area contributed by atoms with Gasteiger partial charge in [-0.2, -0.15) is 0 Å². The Bertz CT molecular complexity index is 829. The maximum Gasteiger partial charge on any atom is 0.266 e. The van der Waals surface area contributed by atoms with E-state index in [1.807, 2.05) is 61.5 Å². The van der Waals surface area contributed by atoms with Crippen LogP contribution in [0.1, 0.15) is 11.1 Å². The number of hydrogen-bond acceptors (Lipinski definition) is 4. The SMILES string of the molecule is COc1ccc(/C=C2/SC(=Nc3ccccc3)N(C)C2=O)cc1C. The summed E-state index contributed by atoms with van der Waals surface area (Å²) in [4.78, 5) is 19.2. The van der Waals surface area contributed by atoms with Crippen molar-refractivity contribution in [2.24, 2.45) is 4.99 Å². The lowest BCUT2D eigenvalue weighted by molar-refractivity contribution is -0.121. The number of carbonyl (C=O) groups is 1. The van der Waals surface area contributed by atoms with Crippen LogP contribution in [0, 0.1) is 6.92 Å². The molecule has 0 atom stereocenters. The van der Waals surface area contributed by atoms with E-state index in [1.54, 1.807) is 19.1 Å². The van der Waals surface area contributed by atoms with Crippen molar-refractivity contribution in [3.05, 3.63) is 64.6 Å². The summed E-state index contributed by atoms with van der Waals surface area (Å²) in [6.07, 6.45) is 1.89. The van der Waals surface area contributed by atoms with Crippen molar-refractivity contribution < 1.29 is 9.53 Å². The number of methoxy groups -OCH3 is 1. The standard InChI is InChI=1S/C19H18N2O2S/c1-13-11-14(9-10-16(13)23-3)12-17-18(22)21(2)19(24-17)20-15-7-5-4-6-8-15/h4-12H,1-3H3/b17-12+,20-19?. The smallest absolute Gasteiger partial charge is 0.266 e. The predicted octanol–water partition coefficient (Wildman–Crippen LogP) is 4.24. The molecule has 3 rings (SSSR count). The molecule has 0 spiro atoms. The van der Waals surface area contributed by atoms with Gasteiger partial charge in [0.15, 0.2) is 5.17 Å². The first-order chi connectivity index (χ1) is 11.6. The van der Waals surface area contributed by atoms with Crippen molar-refractivity contribution >= 4 is 34.6 Å². The number of amides is 1. The van der Waals surface area contributed by atoms with E-state index in [1.165, 1.54) is 11.8 Å². The van der Waals surface area contributed by atoms with E-state index >= 15 is 0 Å². The Labute approximate surface area is 145 Å². The van der Waals surface area contributed by atoms with Gasteiger partial charge >= 0.3 is 0 Å². The van der Waals surface area contributed by atoms with Crippen LogP contribution >= 0.6 is 11.8 Å². The molecule has 0 aliphatic carbocycles. The largest absolute Gasteiger partial charge is 0.496 e. The van der Waals surface area contributed by atoms with Crippen molar-refractivity contribution in [2.45, 2.75) is 6.92 Å². The van der Waals surface area contributed by atoms with E-state index in [2.05, 4.69) is 4.99 Å². The summed E-state index contributed by atoms with van der Waals surface area (Å²) in [6, 6.07) is 15.5. The van der Waals surface area contributed by atoms with Crippen molar-refractivity contribution in [1.82, 2.24) is 4.90 Å². The van der Waals surface area contributed by atoms with Gasteiger partial charge in [-0.1, -0.05) is 24.3 Å². The molecule has 1 heterocycles. The molecular weight excluding hydrogens is 320 g/mol. The monoisotopic (exact) mass is 338 g/mol. The van der Waals surface area contributed by atoms with Crippen LogP contribution in [-0.2, 0) is 4.79 Å². The molecule has 1 aliphatic rings. The Morgan fingerprint density at radius 3 is 2.58 bits per heavy atom. The van der Waals surface area contributed by atoms with Gasteiger partial charge in [-0.3, -0.25) is 9.69 Å². The van der Waals surface area contributed by atoms with E-state index in [4.69, 9.17) is 4.74 Å². The Hall–Kier alpha value is -2.53. The lowest BCUT2D eigenvalue weighted by atomic mass is 10.1. The number of rotatable bonds is 3. The number of aryl methyl sites for hydroxylation is 1. The van der Waals surface area contributed by atoms with Crippen molar-refractivity contribution in [1.29, 1.82) is 0 Å². The van der Waals surface area contributed by atoms with Crippen LogP contribution in [-0.4, -0.2) is 30.1 Å². The van der Waals surface area contributed by atoms with Crippen molar-refractivity contribution in [3.63, 3.8) is 0 Å². The fourth-order valence-corrected chi connectivity index (χ4v) is 3.39. The zero-order valence-corrected chi connectivity index (χ0v) is 14.6. The molecule has 5 heteroatoms. The summed E-state index contributed by atoms with van der Waals surface area (Å²) >= 11 is 1.39. The predicted molar refractivity (Wildman–Crippen MR) is 99.6 cm³/mol. The lowest BCUT2D eigenvalue weighted by Gasteiger charge is -2.07. The minimum Gasteiger partial charge on any atom is -0.496 e. The third-order valence-electron chi connectivity index (χ3n) is 3.70. The van der Waals surface area contributed by atoms with Gasteiger partial charge in [0, 0.05) is 7.05 Å². The van der Waals surface area contributed by atoms with Crippen LogP contribution in [0.3, 0.4) is 0 Å². The van der Waals surface area contributed by atoms with E-state index in [9.17, 15) is 4.79 Å². The number of aliphatic imine (C=N–C) groups is 1. The molecular formula is C19H18N2O2S. The van der Waals surface area contributed by atoms with Gasteiger partial charge in [0.25, 0.3) is 5.91 Å². The summed E-state index contributed by atoms with van der Waals surface area (Å²) in [5.41, 5.74) is 2.84. The van der Waals surface area contributed by atoms with Crippen LogP contribution < -0.4 is 4.74 Å². The first-order valence-corrected chi connectivity index (χ1v) is 8.36. The second-order valence-corrected chi connectivity index (χ2v) is 6.44. The summed E-state index contributed by atoms with van der Waals surface area (Å²) in [5.74, 6) is 0.800. The Morgan fingerprint density at radius 1 is 1.17 bits per heavy atom. The highest BCUT2D eigenvalue weighted by atomic mass is 32.2. The quantitative estimate of drug-likeness (QED) is 0.786. The molecule has 122 valence electrons. The molecule has 1 fully saturated rings. The third kappa shape index (κ3) is 3.36. The van der Waals surface area contributed by atoms with Crippen LogP contribution in [0.4, 0.5) is 5.69 Å². The highest BCUT2D eigenvalue weighted by Crippen LogP contribution is 2.33. The molecule has 4 nitrogen and oxygen atoms in total. The molecule has 2 aromatic carbocycles. The molecule has 24 heavy (non-hydrogen) atoms. The topological polar surface area (TPSA) is 41.9 Å². The first-order valence-electron chi connectivity index (χ1n) is 7.54. The van der Waals surface area contributed by atoms with Gasteiger partial charge in [-0.15, -0.1) is 0 Å². The summed E-state index contributed by atoms with van der Waals surface area (Å²) in [5, 5.41) is 0.683. The number of para-hydroxylation sites is 1. The number of ether oxygens (including phenoxy) is 1.